The second-order valence-corrected chi connectivity index (χ2v) is 5.15. The molecule has 0 radical (unpaired) electrons. The highest BCUT2D eigenvalue weighted by molar-refractivity contribution is 9.10. The summed E-state index contributed by atoms with van der Waals surface area (Å²) in [4.78, 5) is 24.9. The quantitative estimate of drug-likeness (QED) is 0.918. The molecule has 0 heterocycles. The lowest BCUT2D eigenvalue weighted by molar-refractivity contribution is -0.124. The molecule has 0 aliphatic heterocycles. The molecule has 104 valence electrons. The summed E-state index contributed by atoms with van der Waals surface area (Å²) in [5, 5.41) is 2.51. The molecule has 1 atom stereocenters. The second kappa shape index (κ2) is 6.65. The Morgan fingerprint density at radius 1 is 1.47 bits per heavy atom. The Balaban J connectivity index is 2.86. The third-order valence-electron chi connectivity index (χ3n) is 2.77. The molecular weight excluding hydrogens is 315 g/mol. The number of hydrogen-bond donors (Lipinski definition) is 1. The number of carbonyl (C=O) groups excluding carboxylic acids is 2. The van der Waals surface area contributed by atoms with E-state index in [1.807, 2.05) is 0 Å². The van der Waals surface area contributed by atoms with Gasteiger partial charge in [0.2, 0.25) is 5.91 Å². The van der Waals surface area contributed by atoms with Crippen molar-refractivity contribution in [2.75, 3.05) is 20.6 Å². The van der Waals surface area contributed by atoms with E-state index in [0.29, 0.717) is 4.47 Å². The van der Waals surface area contributed by atoms with E-state index in [1.54, 1.807) is 20.0 Å². The number of hydrogen-bond acceptors (Lipinski definition) is 2. The highest BCUT2D eigenvalue weighted by Crippen LogP contribution is 2.21. The molecule has 6 heteroatoms. The zero-order valence-electron chi connectivity index (χ0n) is 11.0. The van der Waals surface area contributed by atoms with E-state index in [1.165, 1.54) is 24.1 Å². The largest absolute Gasteiger partial charge is 0.359 e. The van der Waals surface area contributed by atoms with Gasteiger partial charge in [0.25, 0.3) is 5.91 Å². The highest BCUT2D eigenvalue weighted by Gasteiger charge is 2.22. The van der Waals surface area contributed by atoms with E-state index >= 15 is 0 Å². The number of benzene rings is 1. The first-order valence-electron chi connectivity index (χ1n) is 5.79. The van der Waals surface area contributed by atoms with Crippen molar-refractivity contribution in [3.8, 4) is 0 Å². The SMILES string of the molecule is CNC(=O)C(C)CN(C)C(=O)c1c(F)cccc1Br. The number of nitrogens with zero attached hydrogens (tertiary/aromatic N) is 1. The third kappa shape index (κ3) is 3.76. The van der Waals surface area contributed by atoms with Crippen LogP contribution in [0.4, 0.5) is 4.39 Å². The van der Waals surface area contributed by atoms with E-state index in [4.69, 9.17) is 0 Å². The first-order valence-corrected chi connectivity index (χ1v) is 6.58. The summed E-state index contributed by atoms with van der Waals surface area (Å²) >= 11 is 3.16. The Morgan fingerprint density at radius 2 is 2.11 bits per heavy atom. The van der Waals surface area contributed by atoms with Gasteiger partial charge in [0.15, 0.2) is 0 Å². The van der Waals surface area contributed by atoms with Crippen LogP contribution in [0.3, 0.4) is 0 Å². The van der Waals surface area contributed by atoms with Gasteiger partial charge in [-0.05, 0) is 28.1 Å². The van der Waals surface area contributed by atoms with E-state index in [0.717, 1.165) is 0 Å². The number of carbonyl (C=O) groups is 2. The Hall–Kier alpha value is -1.43. The number of nitrogens with one attached hydrogen (secondary N) is 1. The Kier molecular flexibility index (Phi) is 5.47. The van der Waals surface area contributed by atoms with Crippen molar-refractivity contribution in [2.45, 2.75) is 6.92 Å². The van der Waals surface area contributed by atoms with Gasteiger partial charge in [-0.3, -0.25) is 9.59 Å². The topological polar surface area (TPSA) is 49.4 Å². The predicted octanol–water partition coefficient (Wildman–Crippen LogP) is 2.04. The van der Waals surface area contributed by atoms with Crippen LogP contribution in [0.25, 0.3) is 0 Å². The van der Waals surface area contributed by atoms with Crippen LogP contribution < -0.4 is 5.32 Å². The first-order chi connectivity index (χ1) is 8.88. The summed E-state index contributed by atoms with van der Waals surface area (Å²) < 4.78 is 14.1. The molecule has 0 aromatic heterocycles. The summed E-state index contributed by atoms with van der Waals surface area (Å²) in [5.74, 6) is -1.56. The van der Waals surface area contributed by atoms with E-state index in [2.05, 4.69) is 21.2 Å². The van der Waals surface area contributed by atoms with Crippen LogP contribution in [-0.2, 0) is 4.79 Å². The summed E-state index contributed by atoms with van der Waals surface area (Å²) in [6, 6.07) is 4.35. The van der Waals surface area contributed by atoms with Crippen molar-refractivity contribution >= 4 is 27.7 Å². The molecule has 0 aliphatic rings. The number of halogens is 2. The van der Waals surface area contributed by atoms with Gasteiger partial charge in [0, 0.05) is 25.1 Å². The fourth-order valence-electron chi connectivity index (χ4n) is 1.72. The molecule has 0 bridgehead atoms. The van der Waals surface area contributed by atoms with Gasteiger partial charge in [-0.1, -0.05) is 13.0 Å². The predicted molar refractivity (Wildman–Crippen MR) is 74.3 cm³/mol. The minimum absolute atomic E-state index is 0.0193. The van der Waals surface area contributed by atoms with Gasteiger partial charge in [0.1, 0.15) is 5.82 Å². The van der Waals surface area contributed by atoms with Crippen LogP contribution in [0.1, 0.15) is 17.3 Å². The van der Waals surface area contributed by atoms with Crippen molar-refractivity contribution in [2.24, 2.45) is 5.92 Å². The molecule has 1 unspecified atom stereocenters. The molecule has 0 saturated heterocycles. The maximum atomic E-state index is 13.7. The summed E-state index contributed by atoms with van der Waals surface area (Å²) in [7, 11) is 3.08. The molecule has 4 nitrogen and oxygen atoms in total. The summed E-state index contributed by atoms with van der Waals surface area (Å²) in [6.45, 7) is 1.93. The molecule has 1 aromatic rings. The fourth-order valence-corrected chi connectivity index (χ4v) is 2.23. The highest BCUT2D eigenvalue weighted by atomic mass is 79.9. The first kappa shape index (κ1) is 15.6. The van der Waals surface area contributed by atoms with Gasteiger partial charge in [-0.25, -0.2) is 4.39 Å². The Labute approximate surface area is 120 Å². The van der Waals surface area contributed by atoms with Crippen LogP contribution in [0, 0.1) is 11.7 Å². The third-order valence-corrected chi connectivity index (χ3v) is 3.43. The lowest BCUT2D eigenvalue weighted by atomic mass is 10.1. The molecular formula is C13H16BrFN2O2. The number of amides is 2. The minimum atomic E-state index is -0.584. The molecule has 0 fully saturated rings. The standard InChI is InChI=1S/C13H16BrFN2O2/c1-8(12(18)16-2)7-17(3)13(19)11-9(14)5-4-6-10(11)15/h4-6,8H,7H2,1-3H3,(H,16,18). The van der Waals surface area contributed by atoms with Crippen molar-refractivity contribution in [1.82, 2.24) is 10.2 Å². The van der Waals surface area contributed by atoms with Crippen molar-refractivity contribution in [1.29, 1.82) is 0 Å². The van der Waals surface area contributed by atoms with Crippen LogP contribution in [-0.4, -0.2) is 37.4 Å². The maximum absolute atomic E-state index is 13.7. The molecule has 0 aliphatic carbocycles. The molecule has 1 N–H and O–H groups in total. The molecule has 1 rings (SSSR count). The second-order valence-electron chi connectivity index (χ2n) is 4.30. The van der Waals surface area contributed by atoms with Crippen LogP contribution in [0.15, 0.2) is 22.7 Å². The van der Waals surface area contributed by atoms with Crippen molar-refractivity contribution in [3.05, 3.63) is 34.1 Å². The van der Waals surface area contributed by atoms with Gasteiger partial charge in [-0.15, -0.1) is 0 Å². The molecule has 19 heavy (non-hydrogen) atoms. The average molecular weight is 331 g/mol. The van der Waals surface area contributed by atoms with Crippen molar-refractivity contribution in [3.63, 3.8) is 0 Å². The van der Waals surface area contributed by atoms with Crippen LogP contribution >= 0.6 is 15.9 Å². The van der Waals surface area contributed by atoms with Gasteiger partial charge in [-0.2, -0.15) is 0 Å². The van der Waals surface area contributed by atoms with Crippen molar-refractivity contribution < 1.29 is 14.0 Å². The average Bonchev–Trinajstić information content (AvgIpc) is 2.37. The fraction of sp³-hybridized carbons (Fsp3) is 0.385. The number of rotatable bonds is 4. The molecule has 1 aromatic carbocycles. The lowest BCUT2D eigenvalue weighted by Gasteiger charge is -2.21. The monoisotopic (exact) mass is 330 g/mol. The van der Waals surface area contributed by atoms with Gasteiger partial charge < -0.3 is 10.2 Å². The van der Waals surface area contributed by atoms with E-state index in [-0.39, 0.29) is 23.9 Å². The zero-order valence-corrected chi connectivity index (χ0v) is 12.6. The summed E-state index contributed by atoms with van der Waals surface area (Å²) in [5.41, 5.74) is -0.0193. The Bertz CT molecular complexity index is 473. The molecule has 0 saturated carbocycles. The van der Waals surface area contributed by atoms with E-state index in [9.17, 15) is 14.0 Å². The smallest absolute Gasteiger partial charge is 0.257 e. The minimum Gasteiger partial charge on any atom is -0.359 e. The maximum Gasteiger partial charge on any atom is 0.257 e. The van der Waals surface area contributed by atoms with Gasteiger partial charge in [0.05, 0.1) is 11.5 Å². The zero-order chi connectivity index (χ0) is 14.6. The van der Waals surface area contributed by atoms with E-state index < -0.39 is 11.7 Å². The summed E-state index contributed by atoms with van der Waals surface area (Å²) in [6.07, 6.45) is 0. The van der Waals surface area contributed by atoms with Crippen LogP contribution in [0.5, 0.6) is 0 Å². The Morgan fingerprint density at radius 3 is 2.63 bits per heavy atom. The molecule has 2 amide bonds. The normalized spacial score (nSPS) is 11.8. The van der Waals surface area contributed by atoms with Gasteiger partial charge >= 0.3 is 0 Å². The molecule has 0 spiro atoms. The van der Waals surface area contributed by atoms with Crippen LogP contribution in [0.2, 0.25) is 0 Å². The lowest BCUT2D eigenvalue weighted by Crippen LogP contribution is -2.37.